The van der Waals surface area contributed by atoms with E-state index >= 15 is 0 Å². The van der Waals surface area contributed by atoms with Crippen LogP contribution in [0.5, 0.6) is 0 Å². The van der Waals surface area contributed by atoms with Gasteiger partial charge >= 0.3 is 58.2 Å². The third-order valence-corrected chi connectivity index (χ3v) is 2.18. The summed E-state index contributed by atoms with van der Waals surface area (Å²) in [4.78, 5) is 4.08. The summed E-state index contributed by atoms with van der Waals surface area (Å²) in [5, 5.41) is 3.04. The molecule has 0 bridgehead atoms. The summed E-state index contributed by atoms with van der Waals surface area (Å²) in [5.41, 5.74) is 0.199. The van der Waals surface area contributed by atoms with Crippen LogP contribution in [-0.2, 0) is 5.41 Å². The van der Waals surface area contributed by atoms with Crippen LogP contribution in [0.25, 0.3) is 0 Å². The summed E-state index contributed by atoms with van der Waals surface area (Å²) < 4.78 is 0. The van der Waals surface area contributed by atoms with Gasteiger partial charge in [-0.15, -0.1) is 6.20 Å². The van der Waals surface area contributed by atoms with Gasteiger partial charge in [0, 0.05) is 0 Å². The van der Waals surface area contributed by atoms with Crippen molar-refractivity contribution in [1.82, 2.24) is 4.98 Å². The zero-order valence-electron chi connectivity index (χ0n) is 6.93. The van der Waals surface area contributed by atoms with E-state index in [2.05, 4.69) is 32.0 Å². The summed E-state index contributed by atoms with van der Waals surface area (Å²) >= 11 is 1.66. The van der Waals surface area contributed by atoms with E-state index in [0.29, 0.717) is 0 Å². The maximum Gasteiger partial charge on any atom is 1.00 e. The van der Waals surface area contributed by atoms with E-state index in [1.54, 1.807) is 11.3 Å². The minimum atomic E-state index is 0. The van der Waals surface area contributed by atoms with E-state index in [-0.39, 0.29) is 63.6 Å². The van der Waals surface area contributed by atoms with Crippen molar-refractivity contribution < 1.29 is 58.2 Å². The molecule has 1 aromatic heterocycles. The number of aromatic nitrogens is 1. The van der Waals surface area contributed by atoms with Crippen LogP contribution >= 0.6 is 11.3 Å². The van der Waals surface area contributed by atoms with Gasteiger partial charge in [0.15, 0.2) is 0 Å². The van der Waals surface area contributed by atoms with Gasteiger partial charge in [0.2, 0.25) is 0 Å². The Hall–Kier alpha value is 1.44. The summed E-state index contributed by atoms with van der Waals surface area (Å²) in [6.45, 7) is 6.46. The molecule has 0 aliphatic heterocycles. The van der Waals surface area contributed by atoms with E-state index in [1.807, 2.05) is 5.38 Å². The number of hydrogen-bond acceptors (Lipinski definition) is 2. The predicted molar refractivity (Wildman–Crippen MR) is 39.7 cm³/mol. The molecule has 0 unspecified atom stereocenters. The fourth-order valence-corrected chi connectivity index (χ4v) is 1.21. The molecule has 0 fully saturated rings. The van der Waals surface area contributed by atoms with Crippen LogP contribution in [0, 0.1) is 6.20 Å². The maximum atomic E-state index is 4.08. The first-order valence-corrected chi connectivity index (χ1v) is 3.81. The average molecular weight is 226 g/mol. The fourth-order valence-electron chi connectivity index (χ4n) is 0.538. The van der Waals surface area contributed by atoms with Crippen LogP contribution in [0.4, 0.5) is 0 Å². The summed E-state index contributed by atoms with van der Waals surface area (Å²) in [7, 11) is 0. The summed E-state index contributed by atoms with van der Waals surface area (Å²) in [5.74, 6) is 0. The van der Waals surface area contributed by atoms with Gasteiger partial charge in [-0.3, -0.25) is 0 Å². The van der Waals surface area contributed by atoms with E-state index in [4.69, 9.17) is 0 Å². The van der Waals surface area contributed by atoms with Crippen LogP contribution in [-0.4, -0.2) is 4.98 Å². The van der Waals surface area contributed by atoms with Gasteiger partial charge in [-0.05, 0) is 0 Å². The van der Waals surface area contributed by atoms with Crippen LogP contribution < -0.4 is 58.2 Å². The Labute approximate surface area is 115 Å². The molecular weight excluding hydrogens is 216 g/mol. The first kappa shape index (κ1) is 11.4. The molecule has 0 spiro atoms. The quantitative estimate of drug-likeness (QED) is 0.530. The van der Waals surface area contributed by atoms with E-state index in [9.17, 15) is 0 Å². The second-order valence-corrected chi connectivity index (χ2v) is 3.89. The molecule has 0 saturated heterocycles. The second kappa shape index (κ2) is 4.46. The summed E-state index contributed by atoms with van der Waals surface area (Å²) in [6.07, 6.45) is 2.80. The minimum absolute atomic E-state index is 0. The predicted octanol–water partition coefficient (Wildman–Crippen LogP) is -0.755. The van der Waals surface area contributed by atoms with E-state index in [1.165, 1.54) is 0 Å². The molecule has 0 radical (unpaired) electrons. The Morgan fingerprint density at radius 1 is 1.50 bits per heavy atom. The van der Waals surface area contributed by atoms with Crippen molar-refractivity contribution in [2.45, 2.75) is 26.2 Å². The van der Waals surface area contributed by atoms with E-state index in [0.717, 1.165) is 5.01 Å². The summed E-state index contributed by atoms with van der Waals surface area (Å²) in [6, 6.07) is 0. The van der Waals surface area contributed by atoms with Crippen LogP contribution in [0.1, 0.15) is 25.8 Å². The van der Waals surface area contributed by atoms with Crippen LogP contribution in [0.3, 0.4) is 0 Å². The Balaban J connectivity index is 0.000000810. The van der Waals surface area contributed by atoms with Crippen molar-refractivity contribution in [3.8, 4) is 0 Å². The monoisotopic (exact) mass is 225 g/mol. The first-order chi connectivity index (χ1) is 4.11. The van der Waals surface area contributed by atoms with Gasteiger partial charge in [-0.2, -0.15) is 0 Å². The molecule has 1 aromatic rings. The van der Waals surface area contributed by atoms with Crippen molar-refractivity contribution >= 4 is 11.3 Å². The molecule has 0 aliphatic rings. The normalized spacial score (nSPS) is 10.7. The number of nitrogens with zero attached hydrogens (tertiary/aromatic N) is 1. The molecule has 1 rings (SSSR count). The van der Waals surface area contributed by atoms with Gasteiger partial charge in [0.25, 0.3) is 0 Å². The number of hydrogen-bond donors (Lipinski definition) is 0. The molecule has 0 aliphatic carbocycles. The molecule has 0 N–H and O–H groups in total. The van der Waals surface area contributed by atoms with Gasteiger partial charge in [-0.25, -0.2) is 11.3 Å². The van der Waals surface area contributed by atoms with Crippen molar-refractivity contribution in [2.24, 2.45) is 0 Å². The topological polar surface area (TPSA) is 12.9 Å². The van der Waals surface area contributed by atoms with Gasteiger partial charge in [0.1, 0.15) is 0 Å². The molecule has 0 aromatic carbocycles. The molecule has 0 atom stereocenters. The molecule has 50 valence electrons. The second-order valence-electron chi connectivity index (χ2n) is 3.03. The molecular formula is C7H10NRbS. The van der Waals surface area contributed by atoms with Gasteiger partial charge < -0.3 is 4.98 Å². The van der Waals surface area contributed by atoms with Crippen molar-refractivity contribution in [1.29, 1.82) is 0 Å². The molecule has 3 heteroatoms. The largest absolute Gasteiger partial charge is 1.00 e. The third kappa shape index (κ3) is 3.22. The van der Waals surface area contributed by atoms with Crippen LogP contribution in [0.2, 0.25) is 0 Å². The Morgan fingerprint density at radius 2 is 2.10 bits per heavy atom. The standard InChI is InChI=1S/C7H10NS.Rb/c1-7(2,3)6-8-4-5-9-6;/h5H,1-3H3;/q-1;+1. The Morgan fingerprint density at radius 3 is 2.30 bits per heavy atom. The van der Waals surface area contributed by atoms with E-state index < -0.39 is 0 Å². The number of rotatable bonds is 0. The molecule has 0 amide bonds. The average Bonchev–Trinajstić information content (AvgIpc) is 2.08. The maximum absolute atomic E-state index is 4.08. The zero-order chi connectivity index (χ0) is 6.91. The first-order valence-electron chi connectivity index (χ1n) is 2.93. The third-order valence-electron chi connectivity index (χ3n) is 1.03. The van der Waals surface area contributed by atoms with Gasteiger partial charge in [0.05, 0.1) is 0 Å². The van der Waals surface area contributed by atoms with Crippen molar-refractivity contribution in [2.75, 3.05) is 0 Å². The molecule has 1 heterocycles. The zero-order valence-corrected chi connectivity index (χ0v) is 12.7. The Kier molecular flexibility index (Phi) is 5.10. The Bertz CT molecular complexity index is 176. The molecule has 10 heavy (non-hydrogen) atoms. The molecule has 0 saturated carbocycles. The molecule has 1 nitrogen and oxygen atoms in total. The smallest absolute Gasteiger partial charge is 0.445 e. The van der Waals surface area contributed by atoms with Crippen molar-refractivity contribution in [3.63, 3.8) is 0 Å². The van der Waals surface area contributed by atoms with Crippen molar-refractivity contribution in [3.05, 3.63) is 16.6 Å². The fraction of sp³-hybridized carbons (Fsp3) is 0.571. The number of thiazole rings is 1. The van der Waals surface area contributed by atoms with Gasteiger partial charge in [-0.1, -0.05) is 36.6 Å². The SMILES string of the molecule is CC(C)(C)c1n[c-]cs1.[Rb+]. The van der Waals surface area contributed by atoms with Crippen LogP contribution in [0.15, 0.2) is 5.38 Å². The minimum Gasteiger partial charge on any atom is -0.445 e.